The van der Waals surface area contributed by atoms with E-state index in [-0.39, 0.29) is 5.91 Å². The van der Waals surface area contributed by atoms with E-state index in [1.54, 1.807) is 18.9 Å². The number of carbonyl (C=O) groups excluding carboxylic acids is 1. The lowest BCUT2D eigenvalue weighted by molar-refractivity contribution is 0.0788. The zero-order valence-corrected chi connectivity index (χ0v) is 13.2. The summed E-state index contributed by atoms with van der Waals surface area (Å²) in [5.74, 6) is 0.730. The first-order valence-electron chi connectivity index (χ1n) is 6.72. The van der Waals surface area contributed by atoms with Gasteiger partial charge in [-0.3, -0.25) is 4.79 Å². The maximum atomic E-state index is 12.5. The number of hydrogen-bond donors (Lipinski definition) is 1. The van der Waals surface area contributed by atoms with E-state index >= 15 is 0 Å². The lowest BCUT2D eigenvalue weighted by Gasteiger charge is -2.18. The SMILES string of the molecule is CCOc1ccccc1CN(C)C(=O)c1sc(N)nc1C. The van der Waals surface area contributed by atoms with Crippen LogP contribution < -0.4 is 10.5 Å². The Labute approximate surface area is 128 Å². The van der Waals surface area contributed by atoms with Gasteiger partial charge >= 0.3 is 0 Å². The topological polar surface area (TPSA) is 68.5 Å². The molecule has 1 aromatic heterocycles. The first-order chi connectivity index (χ1) is 10.0. The van der Waals surface area contributed by atoms with Crippen LogP contribution in [0.1, 0.15) is 27.9 Å². The van der Waals surface area contributed by atoms with Crippen molar-refractivity contribution in [1.82, 2.24) is 9.88 Å². The molecule has 112 valence electrons. The molecule has 0 aliphatic heterocycles. The van der Waals surface area contributed by atoms with E-state index in [4.69, 9.17) is 10.5 Å². The lowest BCUT2D eigenvalue weighted by atomic mass is 10.2. The third-order valence-electron chi connectivity index (χ3n) is 3.03. The summed E-state index contributed by atoms with van der Waals surface area (Å²) >= 11 is 1.22. The van der Waals surface area contributed by atoms with E-state index < -0.39 is 0 Å². The molecule has 5 nitrogen and oxygen atoms in total. The maximum absolute atomic E-state index is 12.5. The van der Waals surface area contributed by atoms with Gasteiger partial charge in [-0.1, -0.05) is 29.5 Å². The van der Waals surface area contributed by atoms with Crippen molar-refractivity contribution in [3.05, 3.63) is 40.4 Å². The van der Waals surface area contributed by atoms with Gasteiger partial charge in [-0.15, -0.1) is 0 Å². The van der Waals surface area contributed by atoms with Gasteiger partial charge in [-0.25, -0.2) is 4.98 Å². The Kier molecular flexibility index (Phi) is 4.80. The number of thiazole rings is 1. The molecule has 2 rings (SSSR count). The molecule has 0 spiro atoms. The Bertz CT molecular complexity index is 640. The second-order valence-electron chi connectivity index (χ2n) is 4.67. The van der Waals surface area contributed by atoms with Crippen LogP contribution in [-0.4, -0.2) is 29.4 Å². The van der Waals surface area contributed by atoms with Crippen LogP contribution in [0, 0.1) is 6.92 Å². The smallest absolute Gasteiger partial charge is 0.265 e. The zero-order valence-electron chi connectivity index (χ0n) is 12.4. The van der Waals surface area contributed by atoms with Crippen molar-refractivity contribution < 1.29 is 9.53 Å². The van der Waals surface area contributed by atoms with E-state index in [1.807, 2.05) is 31.2 Å². The second kappa shape index (κ2) is 6.58. The molecule has 0 saturated heterocycles. The van der Waals surface area contributed by atoms with E-state index in [9.17, 15) is 4.79 Å². The Morgan fingerprint density at radius 3 is 2.76 bits per heavy atom. The van der Waals surface area contributed by atoms with Crippen molar-refractivity contribution in [3.63, 3.8) is 0 Å². The van der Waals surface area contributed by atoms with Gasteiger partial charge in [0.1, 0.15) is 10.6 Å². The number of aryl methyl sites for hydroxylation is 1. The first kappa shape index (κ1) is 15.3. The van der Waals surface area contributed by atoms with E-state index in [1.165, 1.54) is 11.3 Å². The summed E-state index contributed by atoms with van der Waals surface area (Å²) in [7, 11) is 1.76. The summed E-state index contributed by atoms with van der Waals surface area (Å²) in [5.41, 5.74) is 7.30. The number of carbonyl (C=O) groups is 1. The molecule has 2 aromatic rings. The van der Waals surface area contributed by atoms with Crippen molar-refractivity contribution in [2.45, 2.75) is 20.4 Å². The molecular formula is C15H19N3O2S. The number of rotatable bonds is 5. The Hall–Kier alpha value is -2.08. The third kappa shape index (κ3) is 3.52. The normalized spacial score (nSPS) is 10.4. The lowest BCUT2D eigenvalue weighted by Crippen LogP contribution is -2.26. The van der Waals surface area contributed by atoms with Gasteiger partial charge in [0, 0.05) is 19.2 Å². The minimum absolute atomic E-state index is 0.0759. The fourth-order valence-corrected chi connectivity index (χ4v) is 2.88. The average molecular weight is 305 g/mol. The molecule has 0 aliphatic carbocycles. The highest BCUT2D eigenvalue weighted by Gasteiger charge is 2.19. The minimum atomic E-state index is -0.0759. The summed E-state index contributed by atoms with van der Waals surface area (Å²) in [6, 6.07) is 7.73. The molecule has 0 fully saturated rings. The summed E-state index contributed by atoms with van der Waals surface area (Å²) in [6.07, 6.45) is 0. The van der Waals surface area contributed by atoms with Gasteiger partial charge in [0.15, 0.2) is 5.13 Å². The molecule has 1 aromatic carbocycles. The number of nitrogens with two attached hydrogens (primary N) is 1. The number of nitrogens with zero attached hydrogens (tertiary/aromatic N) is 2. The summed E-state index contributed by atoms with van der Waals surface area (Å²) < 4.78 is 5.58. The van der Waals surface area contributed by atoms with E-state index in [2.05, 4.69) is 4.98 Å². The number of ether oxygens (including phenoxy) is 1. The molecule has 21 heavy (non-hydrogen) atoms. The molecule has 0 saturated carbocycles. The highest BCUT2D eigenvalue weighted by Crippen LogP contribution is 2.24. The number of aromatic nitrogens is 1. The first-order valence-corrected chi connectivity index (χ1v) is 7.53. The van der Waals surface area contributed by atoms with Crippen molar-refractivity contribution in [2.75, 3.05) is 19.4 Å². The fraction of sp³-hybridized carbons (Fsp3) is 0.333. The van der Waals surface area contributed by atoms with Crippen LogP contribution in [0.15, 0.2) is 24.3 Å². The van der Waals surface area contributed by atoms with E-state index in [0.717, 1.165) is 11.3 Å². The zero-order chi connectivity index (χ0) is 15.4. The van der Waals surface area contributed by atoms with Gasteiger partial charge < -0.3 is 15.4 Å². The van der Waals surface area contributed by atoms with Crippen molar-refractivity contribution in [1.29, 1.82) is 0 Å². The van der Waals surface area contributed by atoms with Crippen LogP contribution in [0.5, 0.6) is 5.75 Å². The Morgan fingerprint density at radius 1 is 1.43 bits per heavy atom. The molecule has 0 atom stereocenters. The van der Waals surface area contributed by atoms with Crippen molar-refractivity contribution in [2.24, 2.45) is 0 Å². The molecule has 2 N–H and O–H groups in total. The van der Waals surface area contributed by atoms with Gasteiger partial charge in [-0.05, 0) is 19.9 Å². The quantitative estimate of drug-likeness (QED) is 0.922. The van der Waals surface area contributed by atoms with E-state index in [0.29, 0.717) is 28.9 Å². The third-order valence-corrected chi connectivity index (χ3v) is 4.01. The van der Waals surface area contributed by atoms with Gasteiger partial charge in [0.05, 0.1) is 12.3 Å². The molecule has 0 aliphatic rings. The summed E-state index contributed by atoms with van der Waals surface area (Å²) in [6.45, 7) is 4.81. The number of benzene rings is 1. The van der Waals surface area contributed by atoms with Gasteiger partial charge in [0.25, 0.3) is 5.91 Å². The molecule has 6 heteroatoms. The van der Waals surface area contributed by atoms with Crippen LogP contribution in [0.2, 0.25) is 0 Å². The van der Waals surface area contributed by atoms with Crippen molar-refractivity contribution >= 4 is 22.4 Å². The number of anilines is 1. The molecule has 1 amide bonds. The predicted molar refractivity (Wildman–Crippen MR) is 84.7 cm³/mol. The highest BCUT2D eigenvalue weighted by molar-refractivity contribution is 7.17. The second-order valence-corrected chi connectivity index (χ2v) is 5.70. The van der Waals surface area contributed by atoms with Gasteiger partial charge in [0.2, 0.25) is 0 Å². The minimum Gasteiger partial charge on any atom is -0.494 e. The maximum Gasteiger partial charge on any atom is 0.265 e. The molecular weight excluding hydrogens is 286 g/mol. The monoisotopic (exact) mass is 305 g/mol. The van der Waals surface area contributed by atoms with Crippen LogP contribution in [0.25, 0.3) is 0 Å². The standard InChI is InChI=1S/C15H19N3O2S/c1-4-20-12-8-6-5-7-11(12)9-18(3)14(19)13-10(2)17-15(16)21-13/h5-8H,4,9H2,1-3H3,(H2,16,17). The largest absolute Gasteiger partial charge is 0.494 e. The fourth-order valence-electron chi connectivity index (χ4n) is 2.05. The molecule has 0 bridgehead atoms. The number of amides is 1. The molecule has 1 heterocycles. The van der Waals surface area contributed by atoms with Crippen LogP contribution in [-0.2, 0) is 6.54 Å². The predicted octanol–water partition coefficient (Wildman–Crippen LogP) is 2.70. The summed E-state index contributed by atoms with van der Waals surface area (Å²) in [4.78, 5) is 18.8. The number of hydrogen-bond acceptors (Lipinski definition) is 5. The molecule has 0 radical (unpaired) electrons. The van der Waals surface area contributed by atoms with Crippen LogP contribution >= 0.6 is 11.3 Å². The number of nitrogen functional groups attached to an aromatic ring is 1. The van der Waals surface area contributed by atoms with Crippen LogP contribution in [0.4, 0.5) is 5.13 Å². The Balaban J connectivity index is 2.16. The van der Waals surface area contributed by atoms with Crippen molar-refractivity contribution in [3.8, 4) is 5.75 Å². The average Bonchev–Trinajstić information content (AvgIpc) is 2.79. The number of para-hydroxylation sites is 1. The highest BCUT2D eigenvalue weighted by atomic mass is 32.1. The Morgan fingerprint density at radius 2 is 2.14 bits per heavy atom. The summed E-state index contributed by atoms with van der Waals surface area (Å²) in [5, 5.41) is 0.416. The molecule has 0 unspecified atom stereocenters. The van der Waals surface area contributed by atoms with Crippen LogP contribution in [0.3, 0.4) is 0 Å². The van der Waals surface area contributed by atoms with Gasteiger partial charge in [-0.2, -0.15) is 0 Å².